The van der Waals surface area contributed by atoms with E-state index in [-0.39, 0.29) is 5.92 Å². The van der Waals surface area contributed by atoms with Crippen LogP contribution in [0.2, 0.25) is 0 Å². The van der Waals surface area contributed by atoms with E-state index in [2.05, 4.69) is 9.88 Å². The highest BCUT2D eigenvalue weighted by atomic mass is 16.3. The van der Waals surface area contributed by atoms with Gasteiger partial charge in [0.1, 0.15) is 11.8 Å². The molecule has 0 atom stereocenters. The summed E-state index contributed by atoms with van der Waals surface area (Å²) in [7, 11) is 0. The van der Waals surface area contributed by atoms with Gasteiger partial charge in [0.05, 0.1) is 5.60 Å². The second-order valence-electron chi connectivity index (χ2n) is 5.06. The molecule has 0 radical (unpaired) electrons. The van der Waals surface area contributed by atoms with Crippen LogP contribution in [0.1, 0.15) is 25.1 Å². The molecule has 1 aliphatic heterocycles. The summed E-state index contributed by atoms with van der Waals surface area (Å²) in [4.78, 5) is 6.11. The molecule has 0 unspecified atom stereocenters. The van der Waals surface area contributed by atoms with Gasteiger partial charge < -0.3 is 5.11 Å². The van der Waals surface area contributed by atoms with Gasteiger partial charge in [-0.05, 0) is 23.6 Å². The average molecular weight is 231 g/mol. The van der Waals surface area contributed by atoms with Crippen molar-refractivity contribution in [2.75, 3.05) is 13.1 Å². The minimum Gasteiger partial charge on any atom is -0.387 e. The van der Waals surface area contributed by atoms with Gasteiger partial charge in [0.15, 0.2) is 0 Å². The minimum atomic E-state index is -0.537. The van der Waals surface area contributed by atoms with Crippen LogP contribution < -0.4 is 0 Å². The number of likely N-dealkylation sites (tertiary alicyclic amines) is 1. The van der Waals surface area contributed by atoms with Gasteiger partial charge in [-0.3, -0.25) is 4.90 Å². The molecular weight excluding hydrogens is 214 g/mol. The molecule has 0 saturated carbocycles. The van der Waals surface area contributed by atoms with Gasteiger partial charge in [-0.15, -0.1) is 0 Å². The lowest BCUT2D eigenvalue weighted by Gasteiger charge is -2.49. The number of hydrogen-bond acceptors (Lipinski definition) is 4. The highest BCUT2D eigenvalue weighted by molar-refractivity contribution is 5.25. The van der Waals surface area contributed by atoms with E-state index in [0.717, 1.165) is 12.1 Å². The summed E-state index contributed by atoms with van der Waals surface area (Å²) in [5.41, 5.74) is 0.981. The van der Waals surface area contributed by atoms with Gasteiger partial charge in [-0.25, -0.2) is 4.98 Å². The fourth-order valence-corrected chi connectivity index (χ4v) is 2.10. The van der Waals surface area contributed by atoms with Crippen LogP contribution in [-0.2, 0) is 6.54 Å². The Hall–Kier alpha value is -1.44. The van der Waals surface area contributed by atoms with Crippen molar-refractivity contribution in [1.29, 1.82) is 5.26 Å². The SMILES string of the molecule is CC(C)C1(O)CN(Cc2ccnc(C#N)c2)C1. The number of nitrogens with zero attached hydrogens (tertiary/aromatic N) is 3. The summed E-state index contributed by atoms with van der Waals surface area (Å²) >= 11 is 0. The largest absolute Gasteiger partial charge is 0.387 e. The predicted molar refractivity (Wildman–Crippen MR) is 64.0 cm³/mol. The zero-order chi connectivity index (χ0) is 12.5. The van der Waals surface area contributed by atoms with Gasteiger partial charge in [-0.1, -0.05) is 13.8 Å². The van der Waals surface area contributed by atoms with E-state index in [1.165, 1.54) is 0 Å². The van der Waals surface area contributed by atoms with Crippen molar-refractivity contribution in [2.45, 2.75) is 26.0 Å². The molecule has 1 aromatic rings. The molecular formula is C13H17N3O. The zero-order valence-electron chi connectivity index (χ0n) is 10.2. The molecule has 2 heterocycles. The van der Waals surface area contributed by atoms with Gasteiger partial charge in [-0.2, -0.15) is 5.26 Å². The van der Waals surface area contributed by atoms with Crippen LogP contribution in [0.3, 0.4) is 0 Å². The van der Waals surface area contributed by atoms with E-state index >= 15 is 0 Å². The summed E-state index contributed by atoms with van der Waals surface area (Å²) in [5, 5.41) is 18.9. The topological polar surface area (TPSA) is 60.1 Å². The number of rotatable bonds is 3. The Morgan fingerprint density at radius 2 is 2.29 bits per heavy atom. The molecule has 4 nitrogen and oxygen atoms in total. The Balaban J connectivity index is 1.94. The van der Waals surface area contributed by atoms with Crippen molar-refractivity contribution in [1.82, 2.24) is 9.88 Å². The summed E-state index contributed by atoms with van der Waals surface area (Å²) in [6.45, 7) is 6.26. The van der Waals surface area contributed by atoms with Gasteiger partial charge in [0, 0.05) is 25.8 Å². The van der Waals surface area contributed by atoms with Crippen molar-refractivity contribution in [3.8, 4) is 6.07 Å². The lowest BCUT2D eigenvalue weighted by Crippen LogP contribution is -2.63. The molecule has 1 fully saturated rings. The molecule has 1 aliphatic rings. The molecule has 0 aromatic carbocycles. The van der Waals surface area contributed by atoms with Crippen molar-refractivity contribution < 1.29 is 5.11 Å². The van der Waals surface area contributed by atoms with Gasteiger partial charge in [0.2, 0.25) is 0 Å². The quantitative estimate of drug-likeness (QED) is 0.848. The first-order valence-electron chi connectivity index (χ1n) is 5.83. The molecule has 0 spiro atoms. The molecule has 0 bridgehead atoms. The summed E-state index contributed by atoms with van der Waals surface area (Å²) in [6.07, 6.45) is 1.66. The molecule has 1 N–H and O–H groups in total. The molecule has 90 valence electrons. The fourth-order valence-electron chi connectivity index (χ4n) is 2.10. The number of aromatic nitrogens is 1. The average Bonchev–Trinajstić information content (AvgIpc) is 2.27. The monoisotopic (exact) mass is 231 g/mol. The van der Waals surface area contributed by atoms with Crippen LogP contribution in [-0.4, -0.2) is 33.7 Å². The maximum Gasteiger partial charge on any atom is 0.140 e. The van der Waals surface area contributed by atoms with Crippen molar-refractivity contribution in [3.63, 3.8) is 0 Å². The molecule has 1 saturated heterocycles. The maximum absolute atomic E-state index is 10.1. The lowest BCUT2D eigenvalue weighted by atomic mass is 9.83. The number of pyridine rings is 1. The first-order valence-corrected chi connectivity index (χ1v) is 5.83. The molecule has 0 aliphatic carbocycles. The first-order chi connectivity index (χ1) is 8.03. The van der Waals surface area contributed by atoms with Gasteiger partial charge >= 0.3 is 0 Å². The van der Waals surface area contributed by atoms with E-state index in [1.807, 2.05) is 26.0 Å². The van der Waals surface area contributed by atoms with Crippen molar-refractivity contribution in [3.05, 3.63) is 29.6 Å². The Morgan fingerprint density at radius 3 is 2.88 bits per heavy atom. The van der Waals surface area contributed by atoms with Crippen LogP contribution in [0.15, 0.2) is 18.3 Å². The normalized spacial score (nSPS) is 18.8. The fraction of sp³-hybridized carbons (Fsp3) is 0.538. The Labute approximate surface area is 102 Å². The first kappa shape index (κ1) is 12.0. The summed E-state index contributed by atoms with van der Waals surface area (Å²) < 4.78 is 0. The van der Waals surface area contributed by atoms with E-state index in [9.17, 15) is 5.11 Å². The van der Waals surface area contributed by atoms with E-state index in [1.54, 1.807) is 12.3 Å². The van der Waals surface area contributed by atoms with Crippen molar-refractivity contribution in [2.24, 2.45) is 5.92 Å². The van der Waals surface area contributed by atoms with Crippen LogP contribution in [0.25, 0.3) is 0 Å². The van der Waals surface area contributed by atoms with Crippen LogP contribution >= 0.6 is 0 Å². The Morgan fingerprint density at radius 1 is 1.59 bits per heavy atom. The number of β-amino-alcohol motifs (C(OH)–C–C–N with tert-alkyl or cyclic N) is 1. The highest BCUT2D eigenvalue weighted by Crippen LogP contribution is 2.29. The van der Waals surface area contributed by atoms with Gasteiger partial charge in [0.25, 0.3) is 0 Å². The number of aliphatic hydroxyl groups is 1. The van der Waals surface area contributed by atoms with Crippen molar-refractivity contribution >= 4 is 0 Å². The van der Waals surface area contributed by atoms with E-state index < -0.39 is 5.60 Å². The Bertz CT molecular complexity index is 444. The lowest BCUT2D eigenvalue weighted by molar-refractivity contribution is -0.130. The smallest absolute Gasteiger partial charge is 0.140 e. The third-order valence-electron chi connectivity index (χ3n) is 3.41. The summed E-state index contributed by atoms with van der Waals surface area (Å²) in [6, 6.07) is 5.74. The van der Waals surface area contributed by atoms with E-state index in [0.29, 0.717) is 18.8 Å². The molecule has 1 aromatic heterocycles. The molecule has 17 heavy (non-hydrogen) atoms. The second kappa shape index (κ2) is 4.44. The summed E-state index contributed by atoms with van der Waals surface area (Å²) in [5.74, 6) is 0.283. The number of hydrogen-bond donors (Lipinski definition) is 1. The second-order valence-corrected chi connectivity index (χ2v) is 5.06. The Kier molecular flexibility index (Phi) is 3.14. The molecule has 0 amide bonds. The van der Waals surface area contributed by atoms with Crippen LogP contribution in [0, 0.1) is 17.2 Å². The third-order valence-corrected chi connectivity index (χ3v) is 3.41. The molecule has 4 heteroatoms. The van der Waals surface area contributed by atoms with E-state index in [4.69, 9.17) is 5.26 Å². The number of nitriles is 1. The third kappa shape index (κ3) is 2.46. The minimum absolute atomic E-state index is 0.283. The standard InChI is InChI=1S/C13H17N3O/c1-10(2)13(17)8-16(9-13)7-11-3-4-15-12(5-11)6-14/h3-5,10,17H,7-9H2,1-2H3. The maximum atomic E-state index is 10.1. The van der Waals surface area contributed by atoms with Crippen LogP contribution in [0.4, 0.5) is 0 Å². The highest BCUT2D eigenvalue weighted by Gasteiger charge is 2.43. The van der Waals surface area contributed by atoms with Crippen LogP contribution in [0.5, 0.6) is 0 Å². The zero-order valence-corrected chi connectivity index (χ0v) is 10.2. The molecule has 2 rings (SSSR count). The predicted octanol–water partition coefficient (Wildman–Crippen LogP) is 1.16.